The van der Waals surface area contributed by atoms with Crippen molar-refractivity contribution in [3.05, 3.63) is 41.2 Å². The Hall–Kier alpha value is -2.30. The number of aryl methyl sites for hydroxylation is 2. The minimum absolute atomic E-state index is 0.343. The molecule has 2 aromatic rings. The van der Waals surface area contributed by atoms with Gasteiger partial charge in [-0.3, -0.25) is 9.48 Å². The van der Waals surface area contributed by atoms with Gasteiger partial charge in [0.25, 0.3) is 0 Å². The Labute approximate surface area is 118 Å². The summed E-state index contributed by atoms with van der Waals surface area (Å²) in [5.74, 6) is 1.01. The summed E-state index contributed by atoms with van der Waals surface area (Å²) in [6.07, 6.45) is 0.764. The molecule has 1 aromatic heterocycles. The van der Waals surface area contributed by atoms with Gasteiger partial charge in [0.05, 0.1) is 24.1 Å². The van der Waals surface area contributed by atoms with E-state index >= 15 is 0 Å². The quantitative estimate of drug-likeness (QED) is 0.760. The van der Waals surface area contributed by atoms with Gasteiger partial charge in [-0.2, -0.15) is 5.10 Å². The van der Waals surface area contributed by atoms with Crippen molar-refractivity contribution in [3.63, 3.8) is 0 Å². The van der Waals surface area contributed by atoms with Crippen molar-refractivity contribution >= 4 is 6.29 Å². The normalized spacial score (nSPS) is 10.3. The van der Waals surface area contributed by atoms with Crippen LogP contribution in [0.2, 0.25) is 0 Å². The van der Waals surface area contributed by atoms with Crippen LogP contribution in [0.1, 0.15) is 28.7 Å². The molecule has 0 spiro atoms. The molecule has 1 heterocycles. The van der Waals surface area contributed by atoms with Gasteiger partial charge in [0.1, 0.15) is 6.61 Å². The topological polar surface area (TPSA) is 53.4 Å². The molecule has 0 aliphatic rings. The second-order valence-corrected chi connectivity index (χ2v) is 4.38. The summed E-state index contributed by atoms with van der Waals surface area (Å²) in [6, 6.07) is 7.20. The molecule has 0 aliphatic carbocycles. The number of nitrogens with zero attached hydrogens (tertiary/aromatic N) is 2. The van der Waals surface area contributed by atoms with Crippen molar-refractivity contribution in [2.24, 2.45) is 0 Å². The highest BCUT2D eigenvalue weighted by Crippen LogP contribution is 2.30. The monoisotopic (exact) mass is 274 g/mol. The summed E-state index contributed by atoms with van der Waals surface area (Å²) in [6.45, 7) is 5.08. The number of benzene rings is 1. The standard InChI is InChI=1S/C15H18N2O3/c1-4-17-13(8-11(2)16-17)10-20-15-12(9-18)6-5-7-14(15)19-3/h5-9H,4,10H2,1-3H3. The van der Waals surface area contributed by atoms with Crippen molar-refractivity contribution in [3.8, 4) is 11.5 Å². The Bertz CT molecular complexity index is 605. The largest absolute Gasteiger partial charge is 0.493 e. The van der Waals surface area contributed by atoms with Crippen LogP contribution in [0.5, 0.6) is 11.5 Å². The van der Waals surface area contributed by atoms with Crippen LogP contribution < -0.4 is 9.47 Å². The summed E-state index contributed by atoms with van der Waals surface area (Å²) in [7, 11) is 1.55. The predicted octanol–water partition coefficient (Wildman–Crippen LogP) is 2.61. The van der Waals surface area contributed by atoms with Crippen LogP contribution in [0.4, 0.5) is 0 Å². The van der Waals surface area contributed by atoms with E-state index in [4.69, 9.17) is 9.47 Å². The van der Waals surface area contributed by atoms with Crippen LogP contribution in [0, 0.1) is 6.92 Å². The van der Waals surface area contributed by atoms with Gasteiger partial charge in [-0.05, 0) is 32.0 Å². The first-order valence-corrected chi connectivity index (χ1v) is 6.48. The molecule has 1 aromatic carbocycles. The fourth-order valence-corrected chi connectivity index (χ4v) is 2.08. The Morgan fingerprint density at radius 3 is 2.85 bits per heavy atom. The molecule has 0 amide bonds. The third-order valence-electron chi connectivity index (χ3n) is 3.01. The zero-order chi connectivity index (χ0) is 14.5. The molecule has 0 fully saturated rings. The lowest BCUT2D eigenvalue weighted by Gasteiger charge is -2.13. The third kappa shape index (κ3) is 2.82. The lowest BCUT2D eigenvalue weighted by atomic mass is 10.2. The molecule has 0 unspecified atom stereocenters. The molecule has 0 aliphatic heterocycles. The van der Waals surface area contributed by atoms with Gasteiger partial charge in [0.15, 0.2) is 17.8 Å². The summed E-state index contributed by atoms with van der Waals surface area (Å²) in [5.41, 5.74) is 2.39. The molecule has 0 radical (unpaired) electrons. The average molecular weight is 274 g/mol. The molecule has 0 atom stereocenters. The Balaban J connectivity index is 2.24. The number of rotatable bonds is 6. The van der Waals surface area contributed by atoms with E-state index in [9.17, 15) is 4.79 Å². The van der Waals surface area contributed by atoms with E-state index in [2.05, 4.69) is 5.10 Å². The van der Waals surface area contributed by atoms with Crippen LogP contribution in [-0.2, 0) is 13.2 Å². The number of aldehydes is 1. The zero-order valence-electron chi connectivity index (χ0n) is 11.9. The van der Waals surface area contributed by atoms with Crippen molar-refractivity contribution in [2.75, 3.05) is 7.11 Å². The Morgan fingerprint density at radius 2 is 2.20 bits per heavy atom. The number of hydrogen-bond donors (Lipinski definition) is 0. The van der Waals surface area contributed by atoms with E-state index in [1.165, 1.54) is 0 Å². The number of methoxy groups -OCH3 is 1. The molecule has 0 N–H and O–H groups in total. The maximum Gasteiger partial charge on any atom is 0.172 e. The van der Waals surface area contributed by atoms with Crippen molar-refractivity contribution in [1.29, 1.82) is 0 Å². The minimum Gasteiger partial charge on any atom is -0.493 e. The van der Waals surface area contributed by atoms with Crippen molar-refractivity contribution in [2.45, 2.75) is 27.0 Å². The van der Waals surface area contributed by atoms with Crippen LogP contribution >= 0.6 is 0 Å². The molecule has 5 heteroatoms. The fourth-order valence-electron chi connectivity index (χ4n) is 2.08. The van der Waals surface area contributed by atoms with Crippen LogP contribution in [0.25, 0.3) is 0 Å². The number of hydrogen-bond acceptors (Lipinski definition) is 4. The van der Waals surface area contributed by atoms with E-state index in [-0.39, 0.29) is 0 Å². The predicted molar refractivity (Wildman–Crippen MR) is 75.4 cm³/mol. The summed E-state index contributed by atoms with van der Waals surface area (Å²) >= 11 is 0. The molecule has 5 nitrogen and oxygen atoms in total. The average Bonchev–Trinajstić information content (AvgIpc) is 2.84. The summed E-state index contributed by atoms with van der Waals surface area (Å²) in [5, 5.41) is 4.36. The molecular weight excluding hydrogens is 256 g/mol. The SMILES string of the molecule is CCn1nc(C)cc1COc1c(C=O)cccc1OC. The maximum absolute atomic E-state index is 11.1. The molecule has 2 rings (SSSR count). The highest BCUT2D eigenvalue weighted by atomic mass is 16.5. The molecule has 0 saturated heterocycles. The van der Waals surface area contributed by atoms with Gasteiger partial charge in [0, 0.05) is 6.54 Å². The molecule has 0 bridgehead atoms. The van der Waals surface area contributed by atoms with Crippen LogP contribution in [0.15, 0.2) is 24.3 Å². The van der Waals surface area contributed by atoms with E-state index in [0.29, 0.717) is 23.7 Å². The van der Waals surface area contributed by atoms with E-state index in [1.807, 2.05) is 24.6 Å². The highest BCUT2D eigenvalue weighted by Gasteiger charge is 2.12. The van der Waals surface area contributed by atoms with Crippen LogP contribution in [-0.4, -0.2) is 23.2 Å². The Morgan fingerprint density at radius 1 is 1.40 bits per heavy atom. The smallest absolute Gasteiger partial charge is 0.172 e. The second-order valence-electron chi connectivity index (χ2n) is 4.38. The van der Waals surface area contributed by atoms with Gasteiger partial charge in [-0.15, -0.1) is 0 Å². The number of carbonyl (C=O) groups is 1. The van der Waals surface area contributed by atoms with Gasteiger partial charge >= 0.3 is 0 Å². The summed E-state index contributed by atoms with van der Waals surface area (Å²) in [4.78, 5) is 11.1. The van der Waals surface area contributed by atoms with Crippen LogP contribution in [0.3, 0.4) is 0 Å². The molecule has 20 heavy (non-hydrogen) atoms. The minimum atomic E-state index is 0.343. The maximum atomic E-state index is 11.1. The van der Waals surface area contributed by atoms with E-state index in [0.717, 1.165) is 24.2 Å². The highest BCUT2D eigenvalue weighted by molar-refractivity contribution is 5.81. The lowest BCUT2D eigenvalue weighted by Crippen LogP contribution is -2.07. The molecule has 0 saturated carbocycles. The van der Waals surface area contributed by atoms with E-state index in [1.54, 1.807) is 25.3 Å². The fraction of sp³-hybridized carbons (Fsp3) is 0.333. The second kappa shape index (κ2) is 6.23. The van der Waals surface area contributed by atoms with Gasteiger partial charge in [-0.1, -0.05) is 6.07 Å². The third-order valence-corrected chi connectivity index (χ3v) is 3.01. The number of para-hydroxylation sites is 1. The molecule has 106 valence electrons. The first-order valence-electron chi connectivity index (χ1n) is 6.48. The number of aromatic nitrogens is 2. The van der Waals surface area contributed by atoms with Gasteiger partial charge in [0.2, 0.25) is 0 Å². The number of carbonyl (C=O) groups excluding carboxylic acids is 1. The van der Waals surface area contributed by atoms with Crippen molar-refractivity contribution < 1.29 is 14.3 Å². The first kappa shape index (κ1) is 14.1. The molecular formula is C15H18N2O3. The van der Waals surface area contributed by atoms with E-state index < -0.39 is 0 Å². The van der Waals surface area contributed by atoms with Gasteiger partial charge < -0.3 is 9.47 Å². The van der Waals surface area contributed by atoms with Gasteiger partial charge in [-0.25, -0.2) is 0 Å². The first-order chi connectivity index (χ1) is 9.69. The Kier molecular flexibility index (Phi) is 4.40. The lowest BCUT2D eigenvalue weighted by molar-refractivity contribution is 0.111. The summed E-state index contributed by atoms with van der Waals surface area (Å²) < 4.78 is 12.9. The van der Waals surface area contributed by atoms with Crippen molar-refractivity contribution in [1.82, 2.24) is 9.78 Å². The zero-order valence-corrected chi connectivity index (χ0v) is 11.9. The number of ether oxygens (including phenoxy) is 2.